The van der Waals surface area contributed by atoms with E-state index in [2.05, 4.69) is 34.6 Å². The molecule has 0 spiro atoms. The Kier molecular flexibility index (Phi) is 5.55. The summed E-state index contributed by atoms with van der Waals surface area (Å²) in [5.74, 6) is 0.843. The molecule has 0 aliphatic carbocycles. The van der Waals surface area contributed by atoms with Crippen LogP contribution in [-0.4, -0.2) is 0 Å². The highest BCUT2D eigenvalue weighted by Crippen LogP contribution is 2.23. The van der Waals surface area contributed by atoms with Crippen LogP contribution in [0.2, 0.25) is 0 Å². The molecule has 0 aliphatic heterocycles. The molecule has 0 nitrogen and oxygen atoms in total. The van der Waals surface area contributed by atoms with Gasteiger partial charge in [0.1, 0.15) is 0 Å². The molecule has 0 radical (unpaired) electrons. The third kappa shape index (κ3) is 11.7. The van der Waals surface area contributed by atoms with Gasteiger partial charge >= 0.3 is 0 Å². The molecule has 0 unspecified atom stereocenters. The fourth-order valence-electron chi connectivity index (χ4n) is 1.22. The van der Waals surface area contributed by atoms with Gasteiger partial charge in [-0.15, -0.1) is 12.4 Å². The smallest absolute Gasteiger partial charge is 0.0380 e. The van der Waals surface area contributed by atoms with Crippen LogP contribution >= 0.6 is 12.4 Å². The molecular formula is C8H19Cl. The molecule has 9 heavy (non-hydrogen) atoms. The van der Waals surface area contributed by atoms with Crippen LogP contribution in [0.4, 0.5) is 0 Å². The zero-order valence-corrected chi connectivity index (χ0v) is 8.01. The molecule has 0 aliphatic rings. The van der Waals surface area contributed by atoms with Gasteiger partial charge in [-0.1, -0.05) is 34.6 Å². The van der Waals surface area contributed by atoms with Gasteiger partial charge in [0.2, 0.25) is 0 Å². The molecule has 58 valence electrons. The van der Waals surface area contributed by atoms with E-state index in [1.54, 1.807) is 0 Å². The predicted octanol–water partition coefficient (Wildman–Crippen LogP) is 3.50. The second-order valence-corrected chi connectivity index (χ2v) is 4.16. The molecular weight excluding hydrogens is 132 g/mol. The van der Waals surface area contributed by atoms with Crippen molar-refractivity contribution in [3.05, 3.63) is 0 Å². The molecule has 0 amide bonds. The number of hydrogen-bond donors (Lipinski definition) is 0. The SMILES string of the molecule is CC(C)CC(C)(C)C.Cl. The first-order valence-electron chi connectivity index (χ1n) is 3.42. The summed E-state index contributed by atoms with van der Waals surface area (Å²) in [6.07, 6.45) is 1.33. The van der Waals surface area contributed by atoms with Crippen LogP contribution in [0.3, 0.4) is 0 Å². The number of rotatable bonds is 1. The van der Waals surface area contributed by atoms with Gasteiger partial charge in [-0.25, -0.2) is 0 Å². The average molecular weight is 151 g/mol. The lowest BCUT2D eigenvalue weighted by atomic mass is 9.86. The Morgan fingerprint density at radius 2 is 1.44 bits per heavy atom. The lowest BCUT2D eigenvalue weighted by Crippen LogP contribution is -2.08. The second kappa shape index (κ2) is 4.16. The number of halogens is 1. The van der Waals surface area contributed by atoms with Crippen LogP contribution in [-0.2, 0) is 0 Å². The van der Waals surface area contributed by atoms with Crippen LogP contribution in [0.15, 0.2) is 0 Å². The molecule has 0 heterocycles. The Labute approximate surface area is 65.4 Å². The Morgan fingerprint density at radius 3 is 1.44 bits per heavy atom. The van der Waals surface area contributed by atoms with Gasteiger partial charge in [-0.05, 0) is 17.8 Å². The standard InChI is InChI=1S/C8H18.ClH/c1-7(2)6-8(3,4)5;/h7H,6H2,1-5H3;1H. The third-order valence-corrected chi connectivity index (χ3v) is 1.02. The lowest BCUT2D eigenvalue weighted by molar-refractivity contribution is 0.320. The van der Waals surface area contributed by atoms with Gasteiger partial charge in [0.05, 0.1) is 0 Å². The second-order valence-electron chi connectivity index (χ2n) is 4.16. The molecule has 1 heteroatoms. The maximum Gasteiger partial charge on any atom is -0.0380 e. The predicted molar refractivity (Wildman–Crippen MR) is 46.2 cm³/mol. The molecule has 0 rings (SSSR count). The maximum absolute atomic E-state index is 2.28. The van der Waals surface area contributed by atoms with Crippen LogP contribution in [0.5, 0.6) is 0 Å². The van der Waals surface area contributed by atoms with Crippen molar-refractivity contribution in [2.75, 3.05) is 0 Å². The van der Waals surface area contributed by atoms with E-state index in [1.807, 2.05) is 0 Å². The highest BCUT2D eigenvalue weighted by molar-refractivity contribution is 5.85. The Morgan fingerprint density at radius 1 is 1.11 bits per heavy atom. The highest BCUT2D eigenvalue weighted by Gasteiger charge is 2.11. The van der Waals surface area contributed by atoms with E-state index < -0.39 is 0 Å². The molecule has 0 fully saturated rings. The molecule has 0 aromatic heterocycles. The van der Waals surface area contributed by atoms with Crippen LogP contribution in [0.1, 0.15) is 41.0 Å². The molecule has 0 N–H and O–H groups in total. The van der Waals surface area contributed by atoms with Gasteiger partial charge < -0.3 is 0 Å². The van der Waals surface area contributed by atoms with E-state index in [4.69, 9.17) is 0 Å². The minimum atomic E-state index is 0. The van der Waals surface area contributed by atoms with E-state index >= 15 is 0 Å². The molecule has 0 aromatic rings. The van der Waals surface area contributed by atoms with Crippen molar-refractivity contribution < 1.29 is 0 Å². The molecule has 0 saturated heterocycles. The van der Waals surface area contributed by atoms with Crippen molar-refractivity contribution in [3.8, 4) is 0 Å². The lowest BCUT2D eigenvalue weighted by Gasteiger charge is -2.19. The Balaban J connectivity index is 0. The maximum atomic E-state index is 2.28. The average Bonchev–Trinajstić information content (AvgIpc) is 1.21. The summed E-state index contributed by atoms with van der Waals surface area (Å²) in [6.45, 7) is 11.4. The Hall–Kier alpha value is 0.290. The van der Waals surface area contributed by atoms with Gasteiger partial charge in [0.15, 0.2) is 0 Å². The fraction of sp³-hybridized carbons (Fsp3) is 1.00. The fourth-order valence-corrected chi connectivity index (χ4v) is 1.22. The number of hydrogen-bond acceptors (Lipinski definition) is 0. The van der Waals surface area contributed by atoms with Crippen LogP contribution in [0, 0.1) is 11.3 Å². The minimum absolute atomic E-state index is 0. The summed E-state index contributed by atoms with van der Waals surface area (Å²) in [5, 5.41) is 0. The Bertz CT molecular complexity index is 59.5. The summed E-state index contributed by atoms with van der Waals surface area (Å²) < 4.78 is 0. The van der Waals surface area contributed by atoms with Gasteiger partial charge in [-0.2, -0.15) is 0 Å². The quantitative estimate of drug-likeness (QED) is 0.537. The van der Waals surface area contributed by atoms with E-state index in [-0.39, 0.29) is 12.4 Å². The van der Waals surface area contributed by atoms with Crippen molar-refractivity contribution in [1.82, 2.24) is 0 Å². The van der Waals surface area contributed by atoms with E-state index in [1.165, 1.54) is 6.42 Å². The molecule has 0 atom stereocenters. The van der Waals surface area contributed by atoms with Crippen molar-refractivity contribution in [2.24, 2.45) is 11.3 Å². The molecule has 0 bridgehead atoms. The van der Waals surface area contributed by atoms with Crippen LogP contribution < -0.4 is 0 Å². The van der Waals surface area contributed by atoms with Gasteiger partial charge in [0.25, 0.3) is 0 Å². The van der Waals surface area contributed by atoms with E-state index in [0.717, 1.165) is 5.92 Å². The van der Waals surface area contributed by atoms with Crippen molar-refractivity contribution in [3.63, 3.8) is 0 Å². The normalized spacial score (nSPS) is 11.3. The van der Waals surface area contributed by atoms with Crippen molar-refractivity contribution in [2.45, 2.75) is 41.0 Å². The summed E-state index contributed by atoms with van der Waals surface area (Å²) in [4.78, 5) is 0. The zero-order chi connectivity index (χ0) is 6.78. The summed E-state index contributed by atoms with van der Waals surface area (Å²) in [5.41, 5.74) is 0.522. The monoisotopic (exact) mass is 150 g/mol. The van der Waals surface area contributed by atoms with Crippen molar-refractivity contribution >= 4 is 12.4 Å². The topological polar surface area (TPSA) is 0 Å². The minimum Gasteiger partial charge on any atom is -0.147 e. The molecule has 0 saturated carbocycles. The summed E-state index contributed by atoms with van der Waals surface area (Å²) >= 11 is 0. The largest absolute Gasteiger partial charge is 0.147 e. The highest BCUT2D eigenvalue weighted by atomic mass is 35.5. The van der Waals surface area contributed by atoms with Gasteiger partial charge in [0, 0.05) is 0 Å². The van der Waals surface area contributed by atoms with Gasteiger partial charge in [-0.3, -0.25) is 0 Å². The van der Waals surface area contributed by atoms with Crippen LogP contribution in [0.25, 0.3) is 0 Å². The summed E-state index contributed by atoms with van der Waals surface area (Å²) in [6, 6.07) is 0. The van der Waals surface area contributed by atoms with Crippen molar-refractivity contribution in [1.29, 1.82) is 0 Å². The summed E-state index contributed by atoms with van der Waals surface area (Å²) in [7, 11) is 0. The molecule has 0 aromatic carbocycles. The zero-order valence-electron chi connectivity index (χ0n) is 7.19. The third-order valence-electron chi connectivity index (χ3n) is 1.02. The first kappa shape index (κ1) is 12.0. The van der Waals surface area contributed by atoms with E-state index in [9.17, 15) is 0 Å². The van der Waals surface area contributed by atoms with E-state index in [0.29, 0.717) is 5.41 Å². The first-order valence-corrected chi connectivity index (χ1v) is 3.42. The first-order chi connectivity index (χ1) is 3.42.